The fourth-order valence-electron chi connectivity index (χ4n) is 0.784. The standard InChI is InChI=1S/C9H11N3S/c1-3-5-11-7(4-2)8-6-13-9(10)12-8/h3-6H,2H2,1H3,(H2,10,12)/b5-3-,11-7?. The van der Waals surface area contributed by atoms with E-state index >= 15 is 0 Å². The Morgan fingerprint density at radius 1 is 1.77 bits per heavy atom. The number of hydrogen-bond acceptors (Lipinski definition) is 4. The predicted molar refractivity (Wildman–Crippen MR) is 58.1 cm³/mol. The lowest BCUT2D eigenvalue weighted by Gasteiger charge is -1.91. The molecule has 0 unspecified atom stereocenters. The van der Waals surface area contributed by atoms with Gasteiger partial charge in [0.1, 0.15) is 5.69 Å². The number of anilines is 1. The molecule has 1 rings (SSSR count). The molecule has 0 fully saturated rings. The summed E-state index contributed by atoms with van der Waals surface area (Å²) in [5.74, 6) is 0. The van der Waals surface area contributed by atoms with E-state index in [0.717, 1.165) is 11.4 Å². The van der Waals surface area contributed by atoms with Crippen LogP contribution < -0.4 is 5.73 Å². The molecule has 1 aromatic heterocycles. The van der Waals surface area contributed by atoms with Gasteiger partial charge < -0.3 is 5.73 Å². The quantitative estimate of drug-likeness (QED) is 0.748. The molecule has 0 atom stereocenters. The van der Waals surface area contributed by atoms with Crippen molar-refractivity contribution in [3.05, 3.63) is 36.0 Å². The van der Waals surface area contributed by atoms with Crippen LogP contribution >= 0.6 is 11.3 Å². The Morgan fingerprint density at radius 3 is 3.00 bits per heavy atom. The van der Waals surface area contributed by atoms with Crippen molar-refractivity contribution in [2.24, 2.45) is 4.99 Å². The zero-order valence-electron chi connectivity index (χ0n) is 7.40. The second-order valence-electron chi connectivity index (χ2n) is 2.27. The molecule has 2 N–H and O–H groups in total. The third-order valence-electron chi connectivity index (χ3n) is 1.34. The molecule has 0 radical (unpaired) electrons. The number of nitrogens with two attached hydrogens (primary N) is 1. The van der Waals surface area contributed by atoms with Crippen LogP contribution in [0.2, 0.25) is 0 Å². The van der Waals surface area contributed by atoms with Gasteiger partial charge in [0.2, 0.25) is 0 Å². The van der Waals surface area contributed by atoms with Gasteiger partial charge in [0.25, 0.3) is 0 Å². The van der Waals surface area contributed by atoms with Gasteiger partial charge in [0, 0.05) is 11.6 Å². The van der Waals surface area contributed by atoms with Gasteiger partial charge in [-0.2, -0.15) is 0 Å². The first-order valence-electron chi connectivity index (χ1n) is 3.80. The Bertz CT molecular complexity index is 349. The molecule has 0 aliphatic rings. The zero-order chi connectivity index (χ0) is 9.68. The number of rotatable bonds is 3. The molecule has 0 aliphatic carbocycles. The molecule has 13 heavy (non-hydrogen) atoms. The van der Waals surface area contributed by atoms with Gasteiger partial charge in [0.05, 0.1) is 5.71 Å². The maximum atomic E-state index is 5.50. The Kier molecular flexibility index (Phi) is 3.40. The third-order valence-corrected chi connectivity index (χ3v) is 2.01. The largest absolute Gasteiger partial charge is 0.375 e. The summed E-state index contributed by atoms with van der Waals surface area (Å²) >= 11 is 1.40. The van der Waals surface area contributed by atoms with Gasteiger partial charge in [-0.3, -0.25) is 4.99 Å². The molecule has 1 heterocycles. The van der Waals surface area contributed by atoms with Crippen LogP contribution in [0.4, 0.5) is 5.13 Å². The maximum absolute atomic E-state index is 5.50. The summed E-state index contributed by atoms with van der Waals surface area (Å²) in [5, 5.41) is 2.41. The van der Waals surface area contributed by atoms with Crippen molar-refractivity contribution < 1.29 is 0 Å². The molecule has 0 saturated carbocycles. The molecule has 0 bridgehead atoms. The number of aliphatic imine (C=N–C) groups is 1. The van der Waals surface area contributed by atoms with Gasteiger partial charge in [-0.1, -0.05) is 12.7 Å². The SMILES string of the molecule is C=CC(=N/C=C\C)c1csc(N)n1. The summed E-state index contributed by atoms with van der Waals surface area (Å²) in [7, 11) is 0. The van der Waals surface area contributed by atoms with Crippen LogP contribution in [-0.4, -0.2) is 10.7 Å². The van der Waals surface area contributed by atoms with Crippen LogP contribution in [0.25, 0.3) is 0 Å². The first-order chi connectivity index (χ1) is 6.27. The maximum Gasteiger partial charge on any atom is 0.180 e. The van der Waals surface area contributed by atoms with Gasteiger partial charge in [-0.25, -0.2) is 4.98 Å². The van der Waals surface area contributed by atoms with Crippen molar-refractivity contribution >= 4 is 22.2 Å². The van der Waals surface area contributed by atoms with Crippen molar-refractivity contribution in [2.75, 3.05) is 5.73 Å². The average Bonchev–Trinajstić information content (AvgIpc) is 2.54. The highest BCUT2D eigenvalue weighted by Crippen LogP contribution is 2.12. The summed E-state index contributed by atoms with van der Waals surface area (Å²) in [6, 6.07) is 0. The number of nitrogens with zero attached hydrogens (tertiary/aromatic N) is 2. The van der Waals surface area contributed by atoms with E-state index in [4.69, 9.17) is 5.73 Å². The lowest BCUT2D eigenvalue weighted by molar-refractivity contribution is 1.37. The van der Waals surface area contributed by atoms with Crippen LogP contribution in [0.3, 0.4) is 0 Å². The normalized spacial score (nSPS) is 12.2. The second-order valence-corrected chi connectivity index (χ2v) is 3.16. The third kappa shape index (κ3) is 2.52. The molecule has 68 valence electrons. The number of aromatic nitrogens is 1. The van der Waals surface area contributed by atoms with E-state index in [1.807, 2.05) is 18.4 Å². The van der Waals surface area contributed by atoms with Crippen molar-refractivity contribution in [1.82, 2.24) is 4.98 Å². The van der Waals surface area contributed by atoms with Crippen molar-refractivity contribution in [2.45, 2.75) is 6.92 Å². The van der Waals surface area contributed by atoms with Gasteiger partial charge >= 0.3 is 0 Å². The van der Waals surface area contributed by atoms with Crippen LogP contribution in [0.15, 0.2) is 35.3 Å². The van der Waals surface area contributed by atoms with Crippen LogP contribution in [0, 0.1) is 0 Å². The van der Waals surface area contributed by atoms with Crippen LogP contribution in [0.1, 0.15) is 12.6 Å². The molecular formula is C9H11N3S. The van der Waals surface area contributed by atoms with E-state index in [0.29, 0.717) is 5.13 Å². The van der Waals surface area contributed by atoms with Crippen molar-refractivity contribution in [1.29, 1.82) is 0 Å². The van der Waals surface area contributed by atoms with Crippen LogP contribution in [-0.2, 0) is 0 Å². The monoisotopic (exact) mass is 193 g/mol. The highest BCUT2D eigenvalue weighted by atomic mass is 32.1. The number of allylic oxidation sites excluding steroid dienone is 2. The minimum atomic E-state index is 0.546. The van der Waals surface area contributed by atoms with E-state index in [-0.39, 0.29) is 0 Å². The summed E-state index contributed by atoms with van der Waals surface area (Å²) in [6.45, 7) is 5.56. The van der Waals surface area contributed by atoms with Gasteiger partial charge in [-0.05, 0) is 13.0 Å². The minimum Gasteiger partial charge on any atom is -0.375 e. The molecule has 3 nitrogen and oxygen atoms in total. The van der Waals surface area contributed by atoms with E-state index in [1.165, 1.54) is 11.3 Å². The van der Waals surface area contributed by atoms with E-state index < -0.39 is 0 Å². The predicted octanol–water partition coefficient (Wildman–Crippen LogP) is 2.23. The van der Waals surface area contributed by atoms with Crippen molar-refractivity contribution in [3.63, 3.8) is 0 Å². The van der Waals surface area contributed by atoms with E-state index in [2.05, 4.69) is 16.6 Å². The molecule has 4 heteroatoms. The molecule has 0 spiro atoms. The molecular weight excluding hydrogens is 182 g/mol. The number of thiazole rings is 1. The topological polar surface area (TPSA) is 51.3 Å². The smallest absolute Gasteiger partial charge is 0.180 e. The zero-order valence-corrected chi connectivity index (χ0v) is 8.21. The molecule has 0 saturated heterocycles. The Hall–Kier alpha value is -1.42. The molecule has 0 amide bonds. The summed E-state index contributed by atoms with van der Waals surface area (Å²) in [4.78, 5) is 8.25. The average molecular weight is 193 g/mol. The lowest BCUT2D eigenvalue weighted by atomic mass is 10.3. The molecule has 0 aromatic carbocycles. The van der Waals surface area contributed by atoms with Crippen LogP contribution in [0.5, 0.6) is 0 Å². The number of nitrogen functional groups attached to an aromatic ring is 1. The first-order valence-corrected chi connectivity index (χ1v) is 4.68. The second kappa shape index (κ2) is 4.57. The van der Waals surface area contributed by atoms with Gasteiger partial charge in [-0.15, -0.1) is 11.3 Å². The van der Waals surface area contributed by atoms with Crippen molar-refractivity contribution in [3.8, 4) is 0 Å². The molecule has 0 aliphatic heterocycles. The summed E-state index contributed by atoms with van der Waals surface area (Å²) in [5.41, 5.74) is 7.02. The highest BCUT2D eigenvalue weighted by molar-refractivity contribution is 7.13. The fourth-order valence-corrected chi connectivity index (χ4v) is 1.34. The highest BCUT2D eigenvalue weighted by Gasteiger charge is 2.02. The summed E-state index contributed by atoms with van der Waals surface area (Å²) in [6.07, 6.45) is 5.21. The minimum absolute atomic E-state index is 0.546. The first kappa shape index (κ1) is 9.67. The lowest BCUT2D eigenvalue weighted by Crippen LogP contribution is -1.96. The number of hydrogen-bond donors (Lipinski definition) is 1. The van der Waals surface area contributed by atoms with E-state index in [1.54, 1.807) is 12.3 Å². The van der Waals surface area contributed by atoms with E-state index in [9.17, 15) is 0 Å². The molecule has 1 aromatic rings. The Morgan fingerprint density at radius 2 is 2.54 bits per heavy atom. The summed E-state index contributed by atoms with van der Waals surface area (Å²) < 4.78 is 0. The Balaban J connectivity index is 2.96. The fraction of sp³-hybridized carbons (Fsp3) is 0.111. The Labute approximate surface area is 81.3 Å². The van der Waals surface area contributed by atoms with Gasteiger partial charge in [0.15, 0.2) is 5.13 Å².